The number of rotatable bonds is 2. The zero-order valence-corrected chi connectivity index (χ0v) is 9.32. The molecule has 16 heavy (non-hydrogen) atoms. The van der Waals surface area contributed by atoms with E-state index in [1.165, 1.54) is 0 Å². The number of Topliss-reactive ketones (excluding diaryl/α,β-unsaturated/α-hetero) is 1. The molecule has 0 radical (unpaired) electrons. The van der Waals surface area contributed by atoms with Crippen LogP contribution in [0.1, 0.15) is 25.3 Å². The van der Waals surface area contributed by atoms with Crippen molar-refractivity contribution in [1.82, 2.24) is 5.32 Å². The summed E-state index contributed by atoms with van der Waals surface area (Å²) in [6.07, 6.45) is 1.25. The summed E-state index contributed by atoms with van der Waals surface area (Å²) in [4.78, 5) is 23.2. The second-order valence-corrected chi connectivity index (χ2v) is 4.47. The Kier molecular flexibility index (Phi) is 2.77. The summed E-state index contributed by atoms with van der Waals surface area (Å²) in [5.41, 5.74) is 0.344. The lowest BCUT2D eigenvalue weighted by Gasteiger charge is -2.33. The SMILES string of the molecule is C[C@]1(Cc2ccccc2)NC(=O)CCC1=O. The number of carbonyl (C=O) groups excluding carboxylic acids is 2. The summed E-state index contributed by atoms with van der Waals surface area (Å²) in [5, 5.41) is 2.80. The molecule has 1 amide bonds. The van der Waals surface area contributed by atoms with E-state index >= 15 is 0 Å². The summed E-state index contributed by atoms with van der Waals surface area (Å²) >= 11 is 0. The Labute approximate surface area is 94.9 Å². The molecule has 3 heteroatoms. The molecule has 1 fully saturated rings. The number of amides is 1. The molecular weight excluding hydrogens is 202 g/mol. The Morgan fingerprint density at radius 1 is 1.19 bits per heavy atom. The second kappa shape index (κ2) is 4.08. The fourth-order valence-electron chi connectivity index (χ4n) is 2.09. The lowest BCUT2D eigenvalue weighted by atomic mass is 9.83. The van der Waals surface area contributed by atoms with Crippen LogP contribution in [0.15, 0.2) is 30.3 Å². The number of benzene rings is 1. The maximum Gasteiger partial charge on any atom is 0.221 e. The van der Waals surface area contributed by atoms with E-state index < -0.39 is 5.54 Å². The van der Waals surface area contributed by atoms with E-state index in [9.17, 15) is 9.59 Å². The molecule has 1 atom stereocenters. The molecule has 1 saturated heterocycles. The summed E-state index contributed by atoms with van der Waals surface area (Å²) in [7, 11) is 0. The molecule has 0 aliphatic carbocycles. The minimum atomic E-state index is -0.726. The number of hydrogen-bond acceptors (Lipinski definition) is 2. The molecule has 2 rings (SSSR count). The third-order valence-corrected chi connectivity index (χ3v) is 3.01. The smallest absolute Gasteiger partial charge is 0.221 e. The predicted molar refractivity (Wildman–Crippen MR) is 60.9 cm³/mol. The zero-order chi connectivity index (χ0) is 11.6. The van der Waals surface area contributed by atoms with Gasteiger partial charge in [-0.05, 0) is 12.5 Å². The van der Waals surface area contributed by atoms with Gasteiger partial charge in [0, 0.05) is 19.3 Å². The van der Waals surface area contributed by atoms with Crippen LogP contribution in [0.5, 0.6) is 0 Å². The first-order chi connectivity index (χ1) is 7.60. The highest BCUT2D eigenvalue weighted by molar-refractivity contribution is 5.98. The Bertz CT molecular complexity index is 413. The summed E-state index contributed by atoms with van der Waals surface area (Å²) < 4.78 is 0. The fourth-order valence-corrected chi connectivity index (χ4v) is 2.09. The van der Waals surface area contributed by atoms with Gasteiger partial charge < -0.3 is 5.32 Å². The van der Waals surface area contributed by atoms with Gasteiger partial charge in [-0.25, -0.2) is 0 Å². The zero-order valence-electron chi connectivity index (χ0n) is 9.32. The molecule has 1 aromatic carbocycles. The highest BCUT2D eigenvalue weighted by Gasteiger charge is 2.37. The van der Waals surface area contributed by atoms with Crippen LogP contribution in [-0.2, 0) is 16.0 Å². The van der Waals surface area contributed by atoms with Gasteiger partial charge in [0.05, 0.1) is 5.54 Å². The maximum atomic E-state index is 11.9. The van der Waals surface area contributed by atoms with Gasteiger partial charge in [-0.2, -0.15) is 0 Å². The molecule has 0 aromatic heterocycles. The lowest BCUT2D eigenvalue weighted by Crippen LogP contribution is -2.57. The van der Waals surface area contributed by atoms with Gasteiger partial charge in [-0.1, -0.05) is 30.3 Å². The molecular formula is C13H15NO2. The van der Waals surface area contributed by atoms with E-state index in [-0.39, 0.29) is 11.7 Å². The molecule has 1 aliphatic rings. The number of piperidine rings is 1. The summed E-state index contributed by atoms with van der Waals surface area (Å²) in [6, 6.07) is 9.76. The van der Waals surface area contributed by atoms with Crippen molar-refractivity contribution in [2.75, 3.05) is 0 Å². The van der Waals surface area contributed by atoms with Gasteiger partial charge in [0.1, 0.15) is 0 Å². The molecule has 0 saturated carbocycles. The molecule has 84 valence electrons. The first-order valence-corrected chi connectivity index (χ1v) is 5.48. The van der Waals surface area contributed by atoms with E-state index in [2.05, 4.69) is 5.32 Å². The number of nitrogens with one attached hydrogen (secondary N) is 1. The maximum absolute atomic E-state index is 11.9. The summed E-state index contributed by atoms with van der Waals surface area (Å²) in [6.45, 7) is 1.80. The minimum absolute atomic E-state index is 0.0296. The van der Waals surface area contributed by atoms with Crippen molar-refractivity contribution in [3.8, 4) is 0 Å². The lowest BCUT2D eigenvalue weighted by molar-refractivity contribution is -0.136. The topological polar surface area (TPSA) is 46.2 Å². The average molecular weight is 217 g/mol. The fraction of sp³-hybridized carbons (Fsp3) is 0.385. The third-order valence-electron chi connectivity index (χ3n) is 3.01. The van der Waals surface area contributed by atoms with Crippen LogP contribution >= 0.6 is 0 Å². The van der Waals surface area contributed by atoms with Gasteiger partial charge in [0.25, 0.3) is 0 Å². The minimum Gasteiger partial charge on any atom is -0.344 e. The molecule has 0 unspecified atom stereocenters. The highest BCUT2D eigenvalue weighted by atomic mass is 16.2. The van der Waals surface area contributed by atoms with E-state index in [1.807, 2.05) is 30.3 Å². The first-order valence-electron chi connectivity index (χ1n) is 5.48. The number of hydrogen-bond donors (Lipinski definition) is 1. The van der Waals surface area contributed by atoms with Crippen LogP contribution in [0.3, 0.4) is 0 Å². The molecule has 1 N–H and O–H groups in total. The van der Waals surface area contributed by atoms with Crippen molar-refractivity contribution in [2.24, 2.45) is 0 Å². The van der Waals surface area contributed by atoms with Crippen LogP contribution in [-0.4, -0.2) is 17.2 Å². The Morgan fingerprint density at radius 2 is 1.88 bits per heavy atom. The van der Waals surface area contributed by atoms with Gasteiger partial charge in [0.2, 0.25) is 5.91 Å². The van der Waals surface area contributed by atoms with Crippen LogP contribution in [0.25, 0.3) is 0 Å². The van der Waals surface area contributed by atoms with E-state index in [0.29, 0.717) is 19.3 Å². The molecule has 1 aliphatic heterocycles. The largest absolute Gasteiger partial charge is 0.344 e. The monoisotopic (exact) mass is 217 g/mol. The molecule has 1 aromatic rings. The van der Waals surface area contributed by atoms with Crippen molar-refractivity contribution < 1.29 is 9.59 Å². The van der Waals surface area contributed by atoms with E-state index in [0.717, 1.165) is 5.56 Å². The van der Waals surface area contributed by atoms with Crippen LogP contribution in [0, 0.1) is 0 Å². The van der Waals surface area contributed by atoms with Crippen molar-refractivity contribution >= 4 is 11.7 Å². The first kappa shape index (κ1) is 10.9. The summed E-state index contributed by atoms with van der Waals surface area (Å²) in [5.74, 6) is 0.0917. The van der Waals surface area contributed by atoms with E-state index in [1.54, 1.807) is 6.92 Å². The number of ketones is 1. The van der Waals surface area contributed by atoms with Gasteiger partial charge in [0.15, 0.2) is 5.78 Å². The van der Waals surface area contributed by atoms with Crippen molar-refractivity contribution in [3.05, 3.63) is 35.9 Å². The van der Waals surface area contributed by atoms with Gasteiger partial charge >= 0.3 is 0 Å². The molecule has 0 bridgehead atoms. The van der Waals surface area contributed by atoms with Crippen LogP contribution < -0.4 is 5.32 Å². The number of carbonyl (C=O) groups is 2. The second-order valence-electron chi connectivity index (χ2n) is 4.47. The van der Waals surface area contributed by atoms with Crippen LogP contribution in [0.2, 0.25) is 0 Å². The highest BCUT2D eigenvalue weighted by Crippen LogP contribution is 2.20. The Balaban J connectivity index is 2.18. The molecule has 1 heterocycles. The third kappa shape index (κ3) is 2.13. The Hall–Kier alpha value is -1.64. The quantitative estimate of drug-likeness (QED) is 0.815. The van der Waals surface area contributed by atoms with Crippen molar-refractivity contribution in [1.29, 1.82) is 0 Å². The van der Waals surface area contributed by atoms with Gasteiger partial charge in [-0.3, -0.25) is 9.59 Å². The normalized spacial score (nSPS) is 25.3. The predicted octanol–water partition coefficient (Wildman–Crippen LogP) is 1.47. The molecule has 0 spiro atoms. The standard InChI is InChI=1S/C13H15NO2/c1-13(9-10-5-3-2-4-6-10)11(15)7-8-12(16)14-13/h2-6H,7-9H2,1H3,(H,14,16)/t13-/m1/s1. The van der Waals surface area contributed by atoms with Gasteiger partial charge in [-0.15, -0.1) is 0 Å². The van der Waals surface area contributed by atoms with Crippen LogP contribution in [0.4, 0.5) is 0 Å². The van der Waals surface area contributed by atoms with Crippen molar-refractivity contribution in [2.45, 2.75) is 31.7 Å². The average Bonchev–Trinajstić information content (AvgIpc) is 2.25. The van der Waals surface area contributed by atoms with Crippen molar-refractivity contribution in [3.63, 3.8) is 0 Å². The Morgan fingerprint density at radius 3 is 2.56 bits per heavy atom. The van der Waals surface area contributed by atoms with E-state index in [4.69, 9.17) is 0 Å². The molecule has 3 nitrogen and oxygen atoms in total.